The highest BCUT2D eigenvalue weighted by Crippen LogP contribution is 2.32. The third-order valence-electron chi connectivity index (χ3n) is 4.61. The van der Waals surface area contributed by atoms with Crippen LogP contribution in [0.3, 0.4) is 0 Å². The van der Waals surface area contributed by atoms with Crippen molar-refractivity contribution in [3.8, 4) is 5.75 Å². The number of anilines is 1. The number of halogens is 4. The number of hydrogen-bond donors (Lipinski definition) is 2. The van der Waals surface area contributed by atoms with Gasteiger partial charge in [0.2, 0.25) is 5.91 Å². The SMILES string of the molecule is CC1(c2ccc(OC(F)F)cc2)NC(=O)N(CC(=O)Nc2ccccc2SC(F)F)C1=O. The van der Waals surface area contributed by atoms with Crippen molar-refractivity contribution in [1.82, 2.24) is 10.2 Å². The smallest absolute Gasteiger partial charge is 0.387 e. The Kier molecular flexibility index (Phi) is 6.92. The fourth-order valence-electron chi connectivity index (χ4n) is 3.11. The van der Waals surface area contributed by atoms with Gasteiger partial charge in [0, 0.05) is 4.90 Å². The van der Waals surface area contributed by atoms with Gasteiger partial charge in [0.15, 0.2) is 0 Å². The van der Waals surface area contributed by atoms with Crippen LogP contribution in [-0.2, 0) is 15.1 Å². The molecule has 1 aliphatic heterocycles. The molecular weight excluding hydrogens is 454 g/mol. The molecule has 4 amide bonds. The van der Waals surface area contributed by atoms with Crippen LogP contribution in [0, 0.1) is 0 Å². The molecule has 2 aromatic carbocycles. The van der Waals surface area contributed by atoms with E-state index in [2.05, 4.69) is 15.4 Å². The second kappa shape index (κ2) is 9.47. The average Bonchev–Trinajstić information content (AvgIpc) is 2.93. The Balaban J connectivity index is 1.72. The van der Waals surface area contributed by atoms with Crippen molar-refractivity contribution < 1.29 is 36.7 Å². The van der Waals surface area contributed by atoms with E-state index in [9.17, 15) is 31.9 Å². The molecule has 7 nitrogen and oxygen atoms in total. The molecular formula is C20H17F4N3O4S. The maximum atomic E-state index is 12.9. The highest BCUT2D eigenvalue weighted by Gasteiger charge is 2.49. The zero-order valence-electron chi connectivity index (χ0n) is 16.5. The summed E-state index contributed by atoms with van der Waals surface area (Å²) in [5, 5.41) is 4.90. The molecule has 3 rings (SSSR count). The van der Waals surface area contributed by atoms with Gasteiger partial charge in [0.25, 0.3) is 11.7 Å². The minimum Gasteiger partial charge on any atom is -0.435 e. The van der Waals surface area contributed by atoms with E-state index in [1.165, 1.54) is 55.5 Å². The Hall–Kier alpha value is -3.28. The Morgan fingerprint density at radius 3 is 2.41 bits per heavy atom. The molecule has 0 saturated carbocycles. The number of nitrogens with zero attached hydrogens (tertiary/aromatic N) is 1. The number of rotatable bonds is 8. The molecule has 2 aromatic rings. The van der Waals surface area contributed by atoms with E-state index in [-0.39, 0.29) is 28.1 Å². The molecule has 0 radical (unpaired) electrons. The standard InChI is InChI=1S/C20H17F4N3O4S/c1-20(11-6-8-12(9-7-11)31-17(21)22)16(29)27(19(30)26-20)10-15(28)25-13-4-2-3-5-14(13)32-18(23)24/h2-9,17-18H,10H2,1H3,(H,25,28)(H,26,30). The molecule has 1 fully saturated rings. The fourth-order valence-corrected chi connectivity index (χ4v) is 3.70. The molecule has 2 N–H and O–H groups in total. The number of hydrogen-bond acceptors (Lipinski definition) is 5. The highest BCUT2D eigenvalue weighted by molar-refractivity contribution is 7.99. The molecule has 0 aromatic heterocycles. The molecule has 0 spiro atoms. The summed E-state index contributed by atoms with van der Waals surface area (Å²) in [5.74, 6) is -4.32. The Morgan fingerprint density at radius 2 is 1.78 bits per heavy atom. The number of carbonyl (C=O) groups is 3. The van der Waals surface area contributed by atoms with Crippen LogP contribution in [0.2, 0.25) is 0 Å². The van der Waals surface area contributed by atoms with Crippen molar-refractivity contribution in [2.24, 2.45) is 0 Å². The predicted molar refractivity (Wildman–Crippen MR) is 108 cm³/mol. The predicted octanol–water partition coefficient (Wildman–Crippen LogP) is 4.01. The van der Waals surface area contributed by atoms with Gasteiger partial charge in [-0.1, -0.05) is 36.0 Å². The summed E-state index contributed by atoms with van der Waals surface area (Å²) in [7, 11) is 0. The number of thioether (sulfide) groups is 1. The van der Waals surface area contributed by atoms with Crippen molar-refractivity contribution in [3.05, 3.63) is 54.1 Å². The molecule has 1 aliphatic rings. The molecule has 1 heterocycles. The van der Waals surface area contributed by atoms with Gasteiger partial charge in [-0.2, -0.15) is 17.6 Å². The van der Waals surface area contributed by atoms with Gasteiger partial charge in [-0.05, 0) is 36.8 Å². The summed E-state index contributed by atoms with van der Waals surface area (Å²) in [6.07, 6.45) is 0. The van der Waals surface area contributed by atoms with Crippen LogP contribution in [0.4, 0.5) is 28.0 Å². The molecule has 1 unspecified atom stereocenters. The number of benzene rings is 2. The van der Waals surface area contributed by atoms with E-state index < -0.39 is 42.3 Å². The van der Waals surface area contributed by atoms with E-state index in [1.807, 2.05) is 0 Å². The Labute approximate surface area is 184 Å². The normalized spacial score (nSPS) is 18.3. The van der Waals surface area contributed by atoms with Crippen LogP contribution in [0.15, 0.2) is 53.4 Å². The van der Waals surface area contributed by atoms with Gasteiger partial charge in [-0.25, -0.2) is 4.79 Å². The van der Waals surface area contributed by atoms with Crippen molar-refractivity contribution in [2.75, 3.05) is 11.9 Å². The van der Waals surface area contributed by atoms with Gasteiger partial charge < -0.3 is 15.4 Å². The third kappa shape index (κ3) is 5.13. The lowest BCUT2D eigenvalue weighted by Gasteiger charge is -2.22. The van der Waals surface area contributed by atoms with Crippen LogP contribution in [0.1, 0.15) is 12.5 Å². The number of ether oxygens (including phenoxy) is 1. The number of amides is 4. The quantitative estimate of drug-likeness (QED) is 0.345. The van der Waals surface area contributed by atoms with Crippen LogP contribution in [-0.4, -0.2) is 41.7 Å². The number of para-hydroxylation sites is 1. The van der Waals surface area contributed by atoms with E-state index in [0.29, 0.717) is 10.5 Å². The van der Waals surface area contributed by atoms with Gasteiger partial charge in [-0.3, -0.25) is 14.5 Å². The van der Waals surface area contributed by atoms with E-state index in [1.54, 1.807) is 0 Å². The molecule has 0 aliphatic carbocycles. The Bertz CT molecular complexity index is 1020. The molecule has 170 valence electrons. The van der Waals surface area contributed by atoms with Crippen molar-refractivity contribution >= 4 is 35.3 Å². The lowest BCUT2D eigenvalue weighted by atomic mass is 9.92. The van der Waals surface area contributed by atoms with Crippen LogP contribution >= 0.6 is 11.8 Å². The van der Waals surface area contributed by atoms with E-state index >= 15 is 0 Å². The summed E-state index contributed by atoms with van der Waals surface area (Å²) < 4.78 is 54.3. The topological polar surface area (TPSA) is 87.7 Å². The van der Waals surface area contributed by atoms with Crippen molar-refractivity contribution in [3.63, 3.8) is 0 Å². The number of alkyl halides is 4. The van der Waals surface area contributed by atoms with Crippen LogP contribution < -0.4 is 15.4 Å². The van der Waals surface area contributed by atoms with Gasteiger partial charge in [-0.15, -0.1) is 0 Å². The first-order valence-electron chi connectivity index (χ1n) is 9.13. The highest BCUT2D eigenvalue weighted by atomic mass is 32.2. The Morgan fingerprint density at radius 1 is 1.12 bits per heavy atom. The molecule has 32 heavy (non-hydrogen) atoms. The number of nitrogens with one attached hydrogen (secondary N) is 2. The maximum absolute atomic E-state index is 12.9. The minimum atomic E-state index is -3.01. The first kappa shape index (κ1) is 23.4. The fraction of sp³-hybridized carbons (Fsp3) is 0.250. The van der Waals surface area contributed by atoms with Gasteiger partial charge in [0.05, 0.1) is 5.69 Å². The summed E-state index contributed by atoms with van der Waals surface area (Å²) in [6.45, 7) is -2.26. The summed E-state index contributed by atoms with van der Waals surface area (Å²) in [5.41, 5.74) is -1.13. The largest absolute Gasteiger partial charge is 0.435 e. The maximum Gasteiger partial charge on any atom is 0.387 e. The second-order valence-corrected chi connectivity index (χ2v) is 7.80. The second-order valence-electron chi connectivity index (χ2n) is 6.77. The van der Waals surface area contributed by atoms with E-state index in [4.69, 9.17) is 0 Å². The van der Waals surface area contributed by atoms with Gasteiger partial charge >= 0.3 is 12.6 Å². The van der Waals surface area contributed by atoms with Crippen LogP contribution in [0.25, 0.3) is 0 Å². The lowest BCUT2D eigenvalue weighted by Crippen LogP contribution is -2.42. The lowest BCUT2D eigenvalue weighted by molar-refractivity contribution is -0.133. The first-order valence-corrected chi connectivity index (χ1v) is 10.0. The average molecular weight is 471 g/mol. The summed E-state index contributed by atoms with van der Waals surface area (Å²) in [4.78, 5) is 38.5. The monoisotopic (exact) mass is 471 g/mol. The van der Waals surface area contributed by atoms with Crippen LogP contribution in [0.5, 0.6) is 5.75 Å². The van der Waals surface area contributed by atoms with Crippen molar-refractivity contribution in [1.29, 1.82) is 0 Å². The minimum absolute atomic E-state index is 0.118. The summed E-state index contributed by atoms with van der Waals surface area (Å²) in [6, 6.07) is 10.2. The number of carbonyl (C=O) groups excluding carboxylic acids is 3. The molecule has 1 saturated heterocycles. The zero-order valence-corrected chi connectivity index (χ0v) is 17.3. The number of imide groups is 1. The first-order chi connectivity index (χ1) is 15.1. The third-order valence-corrected chi connectivity index (χ3v) is 5.40. The van der Waals surface area contributed by atoms with Crippen molar-refractivity contribution in [2.45, 2.75) is 29.7 Å². The number of urea groups is 1. The molecule has 12 heteroatoms. The molecule has 0 bridgehead atoms. The van der Waals surface area contributed by atoms with E-state index in [0.717, 1.165) is 0 Å². The summed E-state index contributed by atoms with van der Waals surface area (Å²) >= 11 is 0.248. The van der Waals surface area contributed by atoms with Gasteiger partial charge in [0.1, 0.15) is 17.8 Å². The molecule has 1 atom stereocenters. The zero-order chi connectivity index (χ0) is 23.5.